The van der Waals surface area contributed by atoms with E-state index in [1.807, 2.05) is 6.07 Å². The highest BCUT2D eigenvalue weighted by molar-refractivity contribution is 5.99. The zero-order valence-corrected chi connectivity index (χ0v) is 9.27. The third kappa shape index (κ3) is 1.58. The number of amides is 1. The van der Waals surface area contributed by atoms with Crippen LogP contribution in [0.2, 0.25) is 0 Å². The van der Waals surface area contributed by atoms with Crippen LogP contribution in [0.3, 0.4) is 0 Å². The Labute approximate surface area is 93.6 Å². The molecule has 0 atom stereocenters. The molecule has 82 valence electrons. The number of hydrogen-bond acceptors (Lipinski definition) is 3. The van der Waals surface area contributed by atoms with E-state index in [9.17, 15) is 4.79 Å². The van der Waals surface area contributed by atoms with Gasteiger partial charge in [-0.2, -0.15) is 5.26 Å². The highest BCUT2D eigenvalue weighted by Gasteiger charge is 2.22. The number of nitriles is 1. The van der Waals surface area contributed by atoms with Crippen molar-refractivity contribution in [3.05, 3.63) is 23.3 Å². The fourth-order valence-corrected chi connectivity index (χ4v) is 1.69. The molecule has 0 aromatic carbocycles. The van der Waals surface area contributed by atoms with E-state index >= 15 is 0 Å². The molecule has 1 aromatic rings. The van der Waals surface area contributed by atoms with Crippen LogP contribution in [-0.2, 0) is 11.8 Å². The number of likely N-dealkylation sites (tertiary alicyclic amines) is 1. The average molecular weight is 216 g/mol. The van der Waals surface area contributed by atoms with Crippen molar-refractivity contribution in [3.8, 4) is 6.07 Å². The normalized spacial score (nSPS) is 18.2. The topological polar surface area (TPSA) is 61.9 Å². The third-order valence-electron chi connectivity index (χ3n) is 2.78. The molecule has 0 spiro atoms. The first-order chi connectivity index (χ1) is 7.63. The summed E-state index contributed by atoms with van der Waals surface area (Å²) in [5, 5.41) is 8.78. The molecule has 2 rings (SSSR count). The van der Waals surface area contributed by atoms with Crippen LogP contribution in [0.1, 0.15) is 17.9 Å². The summed E-state index contributed by atoms with van der Waals surface area (Å²) in [5.41, 5.74) is 1.24. The van der Waals surface area contributed by atoms with Crippen LogP contribution in [0.4, 0.5) is 0 Å². The Morgan fingerprint density at radius 3 is 2.81 bits per heavy atom. The molecule has 0 aliphatic carbocycles. The van der Waals surface area contributed by atoms with Gasteiger partial charge in [0, 0.05) is 26.2 Å². The van der Waals surface area contributed by atoms with E-state index in [0.717, 1.165) is 18.5 Å². The smallest absolute Gasteiger partial charge is 0.249 e. The maximum absolute atomic E-state index is 11.7. The van der Waals surface area contributed by atoms with E-state index in [0.29, 0.717) is 11.5 Å². The quantitative estimate of drug-likeness (QED) is 0.643. The number of carbonyl (C=O) groups is 1. The number of imidazole rings is 1. The molecule has 5 heteroatoms. The van der Waals surface area contributed by atoms with Crippen molar-refractivity contribution in [3.63, 3.8) is 0 Å². The predicted octanol–water partition coefficient (Wildman–Crippen LogP) is 0.537. The fraction of sp³-hybridized carbons (Fsp3) is 0.364. The summed E-state index contributed by atoms with van der Waals surface area (Å²) in [7, 11) is 3.55. The minimum atomic E-state index is 0.0431. The molecule has 1 aliphatic heterocycles. The first-order valence-corrected chi connectivity index (χ1v) is 5.01. The Bertz CT molecular complexity index is 507. The number of aromatic nitrogens is 2. The van der Waals surface area contributed by atoms with Crippen LogP contribution >= 0.6 is 0 Å². The van der Waals surface area contributed by atoms with Gasteiger partial charge in [0.25, 0.3) is 0 Å². The number of likely N-dealkylation sites (N-methyl/N-ethyl adjacent to an activating group) is 1. The van der Waals surface area contributed by atoms with Crippen molar-refractivity contribution in [2.24, 2.45) is 7.05 Å². The standard InChI is InChI=1S/C11H12N4O/c1-14-4-3-8(11(14)16)5-10-13-7-9(6-12)15(10)2/h5,7H,3-4H2,1-2H3/b8-5-. The van der Waals surface area contributed by atoms with Gasteiger partial charge in [-0.15, -0.1) is 0 Å². The van der Waals surface area contributed by atoms with Crippen LogP contribution in [0, 0.1) is 11.3 Å². The molecule has 5 nitrogen and oxygen atoms in total. The van der Waals surface area contributed by atoms with Crippen molar-refractivity contribution < 1.29 is 4.79 Å². The highest BCUT2D eigenvalue weighted by Crippen LogP contribution is 2.18. The Balaban J connectivity index is 2.34. The predicted molar refractivity (Wildman–Crippen MR) is 58.2 cm³/mol. The third-order valence-corrected chi connectivity index (χ3v) is 2.78. The zero-order chi connectivity index (χ0) is 11.7. The molecular formula is C11H12N4O. The lowest BCUT2D eigenvalue weighted by Crippen LogP contribution is -2.19. The van der Waals surface area contributed by atoms with Crippen LogP contribution in [0.5, 0.6) is 0 Å². The number of nitrogens with zero attached hydrogens (tertiary/aromatic N) is 4. The largest absolute Gasteiger partial charge is 0.342 e. The Hall–Kier alpha value is -2.09. The molecular weight excluding hydrogens is 204 g/mol. The lowest BCUT2D eigenvalue weighted by atomic mass is 10.2. The summed E-state index contributed by atoms with van der Waals surface area (Å²) in [6.07, 6.45) is 4.01. The second kappa shape index (κ2) is 3.81. The first kappa shape index (κ1) is 10.4. The lowest BCUT2D eigenvalue weighted by molar-refractivity contribution is -0.123. The van der Waals surface area contributed by atoms with Crippen LogP contribution < -0.4 is 0 Å². The van der Waals surface area contributed by atoms with Gasteiger partial charge in [0.05, 0.1) is 6.20 Å². The molecule has 0 unspecified atom stereocenters. The summed E-state index contributed by atoms with van der Waals surface area (Å²) in [4.78, 5) is 17.4. The Morgan fingerprint density at radius 1 is 1.56 bits per heavy atom. The monoisotopic (exact) mass is 216 g/mol. The van der Waals surface area contributed by atoms with Gasteiger partial charge < -0.3 is 9.47 Å². The molecule has 0 bridgehead atoms. The van der Waals surface area contributed by atoms with Gasteiger partial charge in [-0.25, -0.2) is 4.98 Å². The lowest BCUT2D eigenvalue weighted by Gasteiger charge is -2.04. The summed E-state index contributed by atoms with van der Waals surface area (Å²) in [5.74, 6) is 0.691. The van der Waals surface area contributed by atoms with E-state index in [4.69, 9.17) is 5.26 Å². The first-order valence-electron chi connectivity index (χ1n) is 5.01. The van der Waals surface area contributed by atoms with Gasteiger partial charge in [0.15, 0.2) is 0 Å². The zero-order valence-electron chi connectivity index (χ0n) is 9.27. The van der Waals surface area contributed by atoms with Gasteiger partial charge in [-0.05, 0) is 12.5 Å². The molecule has 16 heavy (non-hydrogen) atoms. The van der Waals surface area contributed by atoms with Crippen molar-refractivity contribution in [2.45, 2.75) is 6.42 Å². The molecule has 0 saturated carbocycles. The molecule has 2 heterocycles. The molecule has 1 fully saturated rings. The van der Waals surface area contributed by atoms with Crippen molar-refractivity contribution >= 4 is 12.0 Å². The van der Waals surface area contributed by atoms with E-state index in [1.165, 1.54) is 6.20 Å². The Morgan fingerprint density at radius 2 is 2.31 bits per heavy atom. The summed E-state index contributed by atoms with van der Waals surface area (Å²) >= 11 is 0. The molecule has 1 aromatic heterocycles. The van der Waals surface area contributed by atoms with Crippen LogP contribution in [0.15, 0.2) is 11.8 Å². The molecule has 1 amide bonds. The van der Waals surface area contributed by atoms with Gasteiger partial charge in [0.2, 0.25) is 5.91 Å². The van der Waals surface area contributed by atoms with Crippen LogP contribution in [0.25, 0.3) is 6.08 Å². The second-order valence-electron chi connectivity index (χ2n) is 3.82. The minimum Gasteiger partial charge on any atom is -0.342 e. The number of carbonyl (C=O) groups excluding carboxylic acids is 1. The Kier molecular flexibility index (Phi) is 2.49. The fourth-order valence-electron chi connectivity index (χ4n) is 1.69. The van der Waals surface area contributed by atoms with Crippen molar-refractivity contribution in [2.75, 3.05) is 13.6 Å². The summed E-state index contributed by atoms with van der Waals surface area (Å²) in [6, 6.07) is 2.04. The number of rotatable bonds is 1. The van der Waals surface area contributed by atoms with Crippen molar-refractivity contribution in [1.82, 2.24) is 14.5 Å². The summed E-state index contributed by atoms with van der Waals surface area (Å²) in [6.45, 7) is 0.750. The number of hydrogen-bond donors (Lipinski definition) is 0. The van der Waals surface area contributed by atoms with E-state index in [2.05, 4.69) is 4.98 Å². The maximum atomic E-state index is 11.7. The molecule has 0 N–H and O–H groups in total. The minimum absolute atomic E-state index is 0.0431. The molecule has 0 radical (unpaired) electrons. The van der Waals surface area contributed by atoms with E-state index < -0.39 is 0 Å². The molecule has 1 saturated heterocycles. The maximum Gasteiger partial charge on any atom is 0.249 e. The van der Waals surface area contributed by atoms with Crippen LogP contribution in [-0.4, -0.2) is 34.0 Å². The highest BCUT2D eigenvalue weighted by atomic mass is 16.2. The van der Waals surface area contributed by atoms with Gasteiger partial charge >= 0.3 is 0 Å². The second-order valence-corrected chi connectivity index (χ2v) is 3.82. The average Bonchev–Trinajstić information content (AvgIpc) is 2.77. The van der Waals surface area contributed by atoms with Gasteiger partial charge in [0.1, 0.15) is 17.6 Å². The summed E-state index contributed by atoms with van der Waals surface area (Å²) < 4.78 is 1.68. The van der Waals surface area contributed by atoms with Gasteiger partial charge in [-0.1, -0.05) is 0 Å². The van der Waals surface area contributed by atoms with E-state index in [1.54, 1.807) is 29.6 Å². The van der Waals surface area contributed by atoms with E-state index in [-0.39, 0.29) is 5.91 Å². The molecule has 1 aliphatic rings. The van der Waals surface area contributed by atoms with Gasteiger partial charge in [-0.3, -0.25) is 4.79 Å². The SMILES string of the molecule is CN1CC/C(=C/c2ncc(C#N)n2C)C1=O. The van der Waals surface area contributed by atoms with Crippen molar-refractivity contribution in [1.29, 1.82) is 5.26 Å².